The topological polar surface area (TPSA) is 52.6 Å². The Bertz CT molecular complexity index is 507. The Kier molecular flexibility index (Phi) is 8.73. The molecule has 0 spiro atoms. The standard InChI is InChI=1S/C19H26O4/c1-4-6-8-14-17(20)22-19(16-12-9-7-10-13-16)23-18(21)15(3)11-5-2/h4,6-7,9-10,12-13,15,19H,5,8,11,14H2,1-3H3/b6-4+. The fourth-order valence-corrected chi connectivity index (χ4v) is 2.09. The summed E-state index contributed by atoms with van der Waals surface area (Å²) < 4.78 is 10.8. The molecule has 0 amide bonds. The molecule has 0 heterocycles. The number of esters is 2. The maximum atomic E-state index is 12.1. The van der Waals surface area contributed by atoms with Crippen LogP contribution in [0.25, 0.3) is 0 Å². The molecule has 4 heteroatoms. The first-order chi connectivity index (χ1) is 11.1. The molecule has 0 aliphatic rings. The van der Waals surface area contributed by atoms with Crippen molar-refractivity contribution >= 4 is 11.9 Å². The first-order valence-electron chi connectivity index (χ1n) is 8.14. The second-order valence-electron chi connectivity index (χ2n) is 5.47. The van der Waals surface area contributed by atoms with Crippen molar-refractivity contribution < 1.29 is 19.1 Å². The van der Waals surface area contributed by atoms with E-state index in [0.717, 1.165) is 12.8 Å². The first-order valence-corrected chi connectivity index (χ1v) is 8.14. The quantitative estimate of drug-likeness (QED) is 0.380. The Morgan fingerprint density at radius 1 is 1.17 bits per heavy atom. The maximum Gasteiger partial charge on any atom is 0.311 e. The van der Waals surface area contributed by atoms with Crippen LogP contribution in [0.2, 0.25) is 0 Å². The van der Waals surface area contributed by atoms with Gasteiger partial charge in [0.25, 0.3) is 6.29 Å². The molecule has 0 aliphatic heterocycles. The predicted octanol–water partition coefficient (Wildman–Crippen LogP) is 4.56. The molecule has 1 aromatic carbocycles. The average Bonchev–Trinajstić information content (AvgIpc) is 2.55. The lowest BCUT2D eigenvalue weighted by Gasteiger charge is -2.20. The van der Waals surface area contributed by atoms with E-state index in [0.29, 0.717) is 12.0 Å². The lowest BCUT2D eigenvalue weighted by atomic mass is 10.1. The summed E-state index contributed by atoms with van der Waals surface area (Å²) in [5.41, 5.74) is 0.656. The van der Waals surface area contributed by atoms with Crippen LogP contribution in [0, 0.1) is 5.92 Å². The van der Waals surface area contributed by atoms with Gasteiger partial charge in [-0.3, -0.25) is 9.59 Å². The number of ether oxygens (including phenoxy) is 2. The third-order valence-corrected chi connectivity index (χ3v) is 3.41. The Morgan fingerprint density at radius 3 is 2.48 bits per heavy atom. The summed E-state index contributed by atoms with van der Waals surface area (Å²) in [6.07, 6.45) is 5.31. The molecular formula is C19H26O4. The summed E-state index contributed by atoms with van der Waals surface area (Å²) in [6, 6.07) is 9.05. The Morgan fingerprint density at radius 2 is 1.87 bits per heavy atom. The minimum atomic E-state index is -0.985. The zero-order valence-electron chi connectivity index (χ0n) is 14.2. The molecule has 0 saturated carbocycles. The van der Waals surface area contributed by atoms with Crippen molar-refractivity contribution in [2.24, 2.45) is 5.92 Å². The van der Waals surface area contributed by atoms with Crippen molar-refractivity contribution in [1.29, 1.82) is 0 Å². The van der Waals surface area contributed by atoms with Gasteiger partial charge in [0, 0.05) is 12.0 Å². The van der Waals surface area contributed by atoms with Crippen LogP contribution in [-0.2, 0) is 19.1 Å². The van der Waals surface area contributed by atoms with Gasteiger partial charge in [-0.2, -0.15) is 0 Å². The summed E-state index contributed by atoms with van der Waals surface area (Å²) in [5.74, 6) is -0.942. The number of allylic oxidation sites excluding steroid dienone is 2. The molecule has 0 bridgehead atoms. The van der Waals surface area contributed by atoms with Crippen molar-refractivity contribution in [3.63, 3.8) is 0 Å². The van der Waals surface area contributed by atoms with Crippen LogP contribution in [0.4, 0.5) is 0 Å². The van der Waals surface area contributed by atoms with E-state index in [9.17, 15) is 9.59 Å². The molecule has 0 aliphatic carbocycles. The van der Waals surface area contributed by atoms with E-state index in [1.807, 2.05) is 51.1 Å². The second-order valence-corrected chi connectivity index (χ2v) is 5.47. The monoisotopic (exact) mass is 318 g/mol. The number of benzene rings is 1. The molecule has 4 nitrogen and oxygen atoms in total. The maximum absolute atomic E-state index is 12.1. The third-order valence-electron chi connectivity index (χ3n) is 3.41. The van der Waals surface area contributed by atoms with Gasteiger partial charge < -0.3 is 9.47 Å². The first kappa shape index (κ1) is 18.9. The molecule has 23 heavy (non-hydrogen) atoms. The summed E-state index contributed by atoms with van der Waals surface area (Å²) in [5, 5.41) is 0. The van der Waals surface area contributed by atoms with Crippen LogP contribution in [0.3, 0.4) is 0 Å². The average molecular weight is 318 g/mol. The van der Waals surface area contributed by atoms with Gasteiger partial charge in [0.15, 0.2) is 0 Å². The van der Waals surface area contributed by atoms with Crippen LogP contribution in [0.1, 0.15) is 58.3 Å². The van der Waals surface area contributed by atoms with Crippen molar-refractivity contribution in [1.82, 2.24) is 0 Å². The highest BCUT2D eigenvalue weighted by molar-refractivity contribution is 5.73. The zero-order valence-corrected chi connectivity index (χ0v) is 14.2. The van der Waals surface area contributed by atoms with Crippen molar-refractivity contribution in [3.05, 3.63) is 48.0 Å². The number of carbonyl (C=O) groups excluding carboxylic acids is 2. The summed E-state index contributed by atoms with van der Waals surface area (Å²) in [6.45, 7) is 5.73. The highest BCUT2D eigenvalue weighted by Crippen LogP contribution is 2.22. The van der Waals surface area contributed by atoms with E-state index < -0.39 is 6.29 Å². The van der Waals surface area contributed by atoms with Gasteiger partial charge in [0.2, 0.25) is 0 Å². The fraction of sp³-hybridized carbons (Fsp3) is 0.474. The number of hydrogen-bond acceptors (Lipinski definition) is 4. The number of carbonyl (C=O) groups is 2. The van der Waals surface area contributed by atoms with Crippen LogP contribution in [0.5, 0.6) is 0 Å². The largest absolute Gasteiger partial charge is 0.421 e. The van der Waals surface area contributed by atoms with E-state index in [1.54, 1.807) is 12.1 Å². The minimum absolute atomic E-state index is 0.215. The normalized spacial score (nSPS) is 13.5. The summed E-state index contributed by atoms with van der Waals surface area (Å²) >= 11 is 0. The van der Waals surface area contributed by atoms with Crippen molar-refractivity contribution in [2.75, 3.05) is 0 Å². The molecule has 0 fully saturated rings. The third kappa shape index (κ3) is 7.13. The van der Waals surface area contributed by atoms with Crippen LogP contribution >= 0.6 is 0 Å². The summed E-state index contributed by atoms with van der Waals surface area (Å²) in [7, 11) is 0. The van der Waals surface area contributed by atoms with Crippen molar-refractivity contribution in [3.8, 4) is 0 Å². The molecule has 0 aromatic heterocycles. The molecule has 0 radical (unpaired) electrons. The van der Waals surface area contributed by atoms with Gasteiger partial charge >= 0.3 is 11.9 Å². The number of hydrogen-bond donors (Lipinski definition) is 0. The van der Waals surface area contributed by atoms with Gasteiger partial charge in [-0.1, -0.05) is 62.8 Å². The van der Waals surface area contributed by atoms with E-state index in [-0.39, 0.29) is 24.3 Å². The SMILES string of the molecule is C/C=C/CCC(=O)OC(OC(=O)C(C)CCC)c1ccccc1. The van der Waals surface area contributed by atoms with Crippen LogP contribution < -0.4 is 0 Å². The smallest absolute Gasteiger partial charge is 0.311 e. The highest BCUT2D eigenvalue weighted by atomic mass is 16.7. The zero-order chi connectivity index (χ0) is 17.1. The van der Waals surface area contributed by atoms with Gasteiger partial charge in [0.05, 0.1) is 5.92 Å². The van der Waals surface area contributed by atoms with Crippen LogP contribution in [0.15, 0.2) is 42.5 Å². The van der Waals surface area contributed by atoms with Gasteiger partial charge in [-0.05, 0) is 19.8 Å². The Hall–Kier alpha value is -2.10. The van der Waals surface area contributed by atoms with E-state index in [1.165, 1.54) is 0 Å². The van der Waals surface area contributed by atoms with E-state index >= 15 is 0 Å². The van der Waals surface area contributed by atoms with Gasteiger partial charge in [-0.25, -0.2) is 0 Å². The molecule has 1 aromatic rings. The molecule has 1 rings (SSSR count). The van der Waals surface area contributed by atoms with Gasteiger partial charge in [0.1, 0.15) is 0 Å². The molecular weight excluding hydrogens is 292 g/mol. The Balaban J connectivity index is 2.74. The summed E-state index contributed by atoms with van der Waals surface area (Å²) in [4.78, 5) is 24.1. The molecule has 2 unspecified atom stereocenters. The Labute approximate surface area is 138 Å². The second kappa shape index (κ2) is 10.6. The van der Waals surface area contributed by atoms with Crippen molar-refractivity contribution in [2.45, 2.75) is 52.7 Å². The molecule has 0 saturated heterocycles. The molecule has 126 valence electrons. The highest BCUT2D eigenvalue weighted by Gasteiger charge is 2.23. The molecule has 0 N–H and O–H groups in total. The number of rotatable bonds is 9. The molecule has 2 atom stereocenters. The van der Waals surface area contributed by atoms with E-state index in [2.05, 4.69) is 0 Å². The van der Waals surface area contributed by atoms with Crippen LogP contribution in [-0.4, -0.2) is 11.9 Å². The fourth-order valence-electron chi connectivity index (χ4n) is 2.09. The predicted molar refractivity (Wildman–Crippen MR) is 89.5 cm³/mol. The van der Waals surface area contributed by atoms with Gasteiger partial charge in [-0.15, -0.1) is 0 Å². The minimum Gasteiger partial charge on any atom is -0.421 e. The van der Waals surface area contributed by atoms with E-state index in [4.69, 9.17) is 9.47 Å². The lowest BCUT2D eigenvalue weighted by Crippen LogP contribution is -2.22. The lowest BCUT2D eigenvalue weighted by molar-refractivity contribution is -0.192.